The fourth-order valence-corrected chi connectivity index (χ4v) is 1.49. The van der Waals surface area contributed by atoms with Crippen LogP contribution in [-0.4, -0.2) is 25.2 Å². The van der Waals surface area contributed by atoms with Crippen molar-refractivity contribution in [1.29, 1.82) is 5.26 Å². The number of hydrogen-bond donors (Lipinski definition) is 3. The molecule has 3 N–H and O–H groups in total. The summed E-state index contributed by atoms with van der Waals surface area (Å²) in [6.45, 7) is 0. The van der Waals surface area contributed by atoms with E-state index in [1.165, 1.54) is 7.11 Å². The molecule has 0 atom stereocenters. The number of carbonyl (C=O) groups excluding carboxylic acids is 1. The maximum atomic E-state index is 11.1. The van der Waals surface area contributed by atoms with Gasteiger partial charge in [-0.25, -0.2) is 0 Å². The highest BCUT2D eigenvalue weighted by Gasteiger charge is 2.06. The molecule has 0 saturated carbocycles. The van der Waals surface area contributed by atoms with Crippen LogP contribution in [0.15, 0.2) is 18.2 Å². The average molecular weight is 294 g/mol. The van der Waals surface area contributed by atoms with E-state index in [4.69, 9.17) is 27.0 Å². The molecule has 0 unspecified atom stereocenters. The molecule has 0 fully saturated rings. The first kappa shape index (κ1) is 15.5. The van der Waals surface area contributed by atoms with E-state index in [1.54, 1.807) is 31.4 Å². The number of nitriles is 1. The second kappa shape index (κ2) is 7.81. The topological polar surface area (TPSA) is 95.4 Å². The van der Waals surface area contributed by atoms with Crippen molar-refractivity contribution >= 4 is 28.9 Å². The number of rotatable bonds is 4. The second-order valence-corrected chi connectivity index (χ2v) is 3.94. The number of carbonyl (C=O) groups is 1. The Kier molecular flexibility index (Phi) is 6.06. The Hall–Kier alpha value is -2.53. The van der Waals surface area contributed by atoms with Gasteiger partial charge in [0.15, 0.2) is 16.6 Å². The van der Waals surface area contributed by atoms with E-state index in [9.17, 15) is 4.79 Å². The Morgan fingerprint density at radius 1 is 1.30 bits per heavy atom. The molecule has 106 valence electrons. The largest absolute Gasteiger partial charge is 0.493 e. The molecule has 7 nitrogen and oxygen atoms in total. The maximum absolute atomic E-state index is 11.1. The highest BCUT2D eigenvalue weighted by Crippen LogP contribution is 2.29. The van der Waals surface area contributed by atoms with Crippen LogP contribution in [0.4, 0.5) is 5.69 Å². The summed E-state index contributed by atoms with van der Waals surface area (Å²) in [7, 11) is 3.07. The molecular weight excluding hydrogens is 280 g/mol. The average Bonchev–Trinajstić information content (AvgIpc) is 2.45. The van der Waals surface area contributed by atoms with Crippen molar-refractivity contribution in [2.24, 2.45) is 0 Å². The lowest BCUT2D eigenvalue weighted by molar-refractivity contribution is -0.120. The van der Waals surface area contributed by atoms with Crippen LogP contribution in [-0.2, 0) is 4.79 Å². The molecule has 0 aliphatic carbocycles. The number of hydrazine groups is 1. The minimum atomic E-state index is -0.469. The van der Waals surface area contributed by atoms with Crippen LogP contribution >= 0.6 is 12.2 Å². The molecule has 1 amide bonds. The first-order valence-electron chi connectivity index (χ1n) is 5.55. The van der Waals surface area contributed by atoms with Crippen molar-refractivity contribution in [3.8, 4) is 17.6 Å². The summed E-state index contributed by atoms with van der Waals surface area (Å²) in [5, 5.41) is 11.4. The maximum Gasteiger partial charge on any atom is 0.252 e. The summed E-state index contributed by atoms with van der Waals surface area (Å²) < 4.78 is 10.3. The Morgan fingerprint density at radius 2 is 2.00 bits per heavy atom. The van der Waals surface area contributed by atoms with Crippen LogP contribution < -0.4 is 25.6 Å². The van der Waals surface area contributed by atoms with Gasteiger partial charge in [0.05, 0.1) is 20.3 Å². The fraction of sp³-hybridized carbons (Fsp3) is 0.250. The fourth-order valence-electron chi connectivity index (χ4n) is 1.32. The smallest absolute Gasteiger partial charge is 0.252 e. The van der Waals surface area contributed by atoms with Crippen LogP contribution in [0.25, 0.3) is 0 Å². The summed E-state index contributed by atoms with van der Waals surface area (Å²) in [5.74, 6) is 0.678. The zero-order valence-corrected chi connectivity index (χ0v) is 11.8. The molecule has 0 aromatic heterocycles. The van der Waals surface area contributed by atoms with E-state index >= 15 is 0 Å². The monoisotopic (exact) mass is 294 g/mol. The van der Waals surface area contributed by atoms with Crippen LogP contribution in [0.3, 0.4) is 0 Å². The number of amides is 1. The third-order valence-electron chi connectivity index (χ3n) is 2.20. The van der Waals surface area contributed by atoms with E-state index in [0.717, 1.165) is 0 Å². The van der Waals surface area contributed by atoms with Gasteiger partial charge in [0.25, 0.3) is 5.91 Å². The SMILES string of the molecule is COc1ccc(NC(=S)NNC(=O)CC#N)cc1OC. The number of nitrogens with zero attached hydrogens (tertiary/aromatic N) is 1. The van der Waals surface area contributed by atoms with Crippen LogP contribution in [0.1, 0.15) is 6.42 Å². The van der Waals surface area contributed by atoms with Gasteiger partial charge in [0, 0.05) is 11.8 Å². The van der Waals surface area contributed by atoms with Gasteiger partial charge in [0.1, 0.15) is 6.42 Å². The van der Waals surface area contributed by atoms with Gasteiger partial charge in [-0.05, 0) is 24.4 Å². The van der Waals surface area contributed by atoms with Crippen LogP contribution in [0.2, 0.25) is 0 Å². The second-order valence-electron chi connectivity index (χ2n) is 3.53. The zero-order chi connectivity index (χ0) is 15.0. The van der Waals surface area contributed by atoms with Gasteiger partial charge in [-0.15, -0.1) is 0 Å². The number of nitrogens with one attached hydrogen (secondary N) is 3. The van der Waals surface area contributed by atoms with Gasteiger partial charge < -0.3 is 14.8 Å². The lowest BCUT2D eigenvalue weighted by Crippen LogP contribution is -2.43. The Bertz CT molecular complexity index is 542. The van der Waals surface area contributed by atoms with Gasteiger partial charge in [0.2, 0.25) is 0 Å². The molecule has 0 aliphatic rings. The normalized spacial score (nSPS) is 9.05. The highest BCUT2D eigenvalue weighted by atomic mass is 32.1. The highest BCUT2D eigenvalue weighted by molar-refractivity contribution is 7.80. The third-order valence-corrected chi connectivity index (χ3v) is 2.40. The first-order chi connectivity index (χ1) is 9.60. The van der Waals surface area contributed by atoms with Gasteiger partial charge in [-0.3, -0.25) is 15.6 Å². The number of methoxy groups -OCH3 is 2. The van der Waals surface area contributed by atoms with Crippen molar-refractivity contribution in [1.82, 2.24) is 10.9 Å². The van der Waals surface area contributed by atoms with Crippen molar-refractivity contribution < 1.29 is 14.3 Å². The molecule has 20 heavy (non-hydrogen) atoms. The predicted octanol–water partition coefficient (Wildman–Crippen LogP) is 0.935. The van der Waals surface area contributed by atoms with Gasteiger partial charge in [-0.1, -0.05) is 0 Å². The third kappa shape index (κ3) is 4.62. The summed E-state index contributed by atoms with van der Waals surface area (Å²) >= 11 is 4.99. The molecule has 1 aromatic rings. The molecule has 0 aliphatic heterocycles. The van der Waals surface area contributed by atoms with Crippen molar-refractivity contribution in [2.45, 2.75) is 6.42 Å². The molecule has 1 aromatic carbocycles. The predicted molar refractivity (Wildman–Crippen MR) is 77.3 cm³/mol. The lowest BCUT2D eigenvalue weighted by Gasteiger charge is -2.13. The Balaban J connectivity index is 2.58. The van der Waals surface area contributed by atoms with E-state index in [0.29, 0.717) is 17.2 Å². The number of hydrogen-bond acceptors (Lipinski definition) is 5. The number of anilines is 1. The summed E-state index contributed by atoms with van der Waals surface area (Å²) in [6, 6.07) is 6.88. The standard InChI is InChI=1S/C12H14N4O3S/c1-18-9-4-3-8(7-10(9)19-2)14-12(20)16-15-11(17)5-6-13/h3-4,7H,5H2,1-2H3,(H,15,17)(H2,14,16,20). The van der Waals surface area contributed by atoms with Crippen molar-refractivity contribution in [3.63, 3.8) is 0 Å². The molecule has 8 heteroatoms. The minimum Gasteiger partial charge on any atom is -0.493 e. The van der Waals surface area contributed by atoms with Gasteiger partial charge >= 0.3 is 0 Å². The summed E-state index contributed by atoms with van der Waals surface area (Å²) in [5.41, 5.74) is 5.42. The van der Waals surface area contributed by atoms with E-state index in [1.807, 2.05) is 0 Å². The van der Waals surface area contributed by atoms with Crippen molar-refractivity contribution in [2.75, 3.05) is 19.5 Å². The number of thiocarbonyl (C=S) groups is 1. The summed E-state index contributed by atoms with van der Waals surface area (Å²) in [6.07, 6.45) is -0.244. The lowest BCUT2D eigenvalue weighted by atomic mass is 10.3. The minimum absolute atomic E-state index is 0.184. The molecule has 1 rings (SSSR count). The van der Waals surface area contributed by atoms with Gasteiger partial charge in [-0.2, -0.15) is 5.26 Å². The molecule has 0 heterocycles. The van der Waals surface area contributed by atoms with E-state index in [2.05, 4.69) is 16.2 Å². The molecule has 0 saturated heterocycles. The zero-order valence-electron chi connectivity index (χ0n) is 11.0. The van der Waals surface area contributed by atoms with Crippen LogP contribution in [0.5, 0.6) is 11.5 Å². The number of benzene rings is 1. The first-order valence-corrected chi connectivity index (χ1v) is 5.96. The van der Waals surface area contributed by atoms with E-state index < -0.39 is 5.91 Å². The van der Waals surface area contributed by atoms with Crippen molar-refractivity contribution in [3.05, 3.63) is 18.2 Å². The molecular formula is C12H14N4O3S. The summed E-state index contributed by atoms with van der Waals surface area (Å²) in [4.78, 5) is 11.1. The molecule has 0 radical (unpaired) electrons. The quantitative estimate of drug-likeness (QED) is 0.561. The van der Waals surface area contributed by atoms with Crippen LogP contribution in [0, 0.1) is 11.3 Å². The Labute approximate surface area is 121 Å². The molecule has 0 bridgehead atoms. The number of ether oxygens (including phenoxy) is 2. The van der Waals surface area contributed by atoms with E-state index in [-0.39, 0.29) is 11.5 Å². The molecule has 0 spiro atoms. The Morgan fingerprint density at radius 3 is 2.60 bits per heavy atom.